The van der Waals surface area contributed by atoms with Crippen molar-refractivity contribution in [3.8, 4) is 0 Å². The molecule has 82 valence electrons. The quantitative estimate of drug-likeness (QED) is 0.267. The molecule has 0 saturated heterocycles. The lowest BCUT2D eigenvalue weighted by molar-refractivity contribution is -0.184. The molecule has 2 amide bonds. The third-order valence-corrected chi connectivity index (χ3v) is 1.53. The minimum absolute atomic E-state index is 0.155. The Kier molecular flexibility index (Phi) is 4.49. The first kappa shape index (κ1) is 11.4. The van der Waals surface area contributed by atoms with E-state index in [-0.39, 0.29) is 6.61 Å². The second-order valence-electron chi connectivity index (χ2n) is 2.60. The third-order valence-electron chi connectivity index (χ3n) is 1.53. The van der Waals surface area contributed by atoms with Gasteiger partial charge in [0.1, 0.15) is 0 Å². The van der Waals surface area contributed by atoms with Crippen LogP contribution in [0, 0.1) is 0 Å². The van der Waals surface area contributed by atoms with Crippen LogP contribution in [-0.4, -0.2) is 43.0 Å². The number of aliphatic imine (C=N–C) groups is 1. The predicted molar refractivity (Wildman–Crippen MR) is 51.9 cm³/mol. The Balaban J connectivity index is 2.15. The zero-order chi connectivity index (χ0) is 11.1. The van der Waals surface area contributed by atoms with E-state index in [0.717, 1.165) is 12.2 Å². The van der Waals surface area contributed by atoms with E-state index in [9.17, 15) is 9.59 Å². The van der Waals surface area contributed by atoms with Crippen molar-refractivity contribution in [3.05, 3.63) is 12.2 Å². The van der Waals surface area contributed by atoms with Crippen LogP contribution in [0.25, 0.3) is 0 Å². The number of hydrogen-bond donors (Lipinski definition) is 0. The number of carbonyl (C=O) groups is 2. The summed E-state index contributed by atoms with van der Waals surface area (Å²) in [4.78, 5) is 30.7. The molecule has 15 heavy (non-hydrogen) atoms. The molecule has 1 aliphatic heterocycles. The van der Waals surface area contributed by atoms with Crippen molar-refractivity contribution in [3.63, 3.8) is 0 Å². The van der Waals surface area contributed by atoms with Gasteiger partial charge in [0.05, 0.1) is 19.8 Å². The molecule has 0 aliphatic carbocycles. The van der Waals surface area contributed by atoms with Gasteiger partial charge < -0.3 is 4.74 Å². The predicted octanol–water partition coefficient (Wildman–Crippen LogP) is -0.0922. The lowest BCUT2D eigenvalue weighted by Crippen LogP contribution is -2.31. The van der Waals surface area contributed by atoms with E-state index >= 15 is 0 Å². The Bertz CT molecular complexity index is 280. The van der Waals surface area contributed by atoms with Crippen LogP contribution >= 0.6 is 0 Å². The zero-order valence-corrected chi connectivity index (χ0v) is 8.38. The van der Waals surface area contributed by atoms with Crippen molar-refractivity contribution in [2.24, 2.45) is 4.99 Å². The number of hydrogen-bond acceptors (Lipinski definition) is 5. The highest BCUT2D eigenvalue weighted by molar-refractivity contribution is 6.11. The second-order valence-corrected chi connectivity index (χ2v) is 2.60. The van der Waals surface area contributed by atoms with Crippen molar-refractivity contribution in [1.29, 1.82) is 0 Å². The molecular weight excluding hydrogens is 200 g/mol. The number of nitrogens with zero attached hydrogens (tertiary/aromatic N) is 2. The van der Waals surface area contributed by atoms with Gasteiger partial charge >= 0.3 is 0 Å². The Morgan fingerprint density at radius 3 is 2.67 bits per heavy atom. The highest BCUT2D eigenvalue weighted by atomic mass is 16.7. The summed E-state index contributed by atoms with van der Waals surface area (Å²) in [5.41, 5.74) is 0. The van der Waals surface area contributed by atoms with E-state index in [2.05, 4.69) is 4.99 Å². The Labute approximate surface area is 87.1 Å². The smallest absolute Gasteiger partial charge is 0.277 e. The average molecular weight is 212 g/mol. The minimum Gasteiger partial charge on any atom is -0.484 e. The van der Waals surface area contributed by atoms with Gasteiger partial charge in [-0.25, -0.2) is 0 Å². The topological polar surface area (TPSA) is 68.2 Å². The molecule has 0 N–H and O–H groups in total. The van der Waals surface area contributed by atoms with Gasteiger partial charge in [-0.05, 0) is 6.92 Å². The fraction of sp³-hybridized carbons (Fsp3) is 0.444. The highest BCUT2D eigenvalue weighted by Gasteiger charge is 2.24. The molecule has 1 rings (SSSR count). The van der Waals surface area contributed by atoms with E-state index in [1.165, 1.54) is 6.40 Å². The zero-order valence-electron chi connectivity index (χ0n) is 8.38. The Morgan fingerprint density at radius 2 is 2.07 bits per heavy atom. The van der Waals surface area contributed by atoms with Crippen LogP contribution in [0.2, 0.25) is 0 Å². The molecular formula is C9H12N2O4. The van der Waals surface area contributed by atoms with Gasteiger partial charge in [-0.2, -0.15) is 0 Å². The van der Waals surface area contributed by atoms with Gasteiger partial charge in [-0.1, -0.05) is 0 Å². The summed E-state index contributed by atoms with van der Waals surface area (Å²) >= 11 is 0. The van der Waals surface area contributed by atoms with Crippen LogP contribution in [0.3, 0.4) is 0 Å². The Hall–Kier alpha value is -1.69. The summed E-state index contributed by atoms with van der Waals surface area (Å²) in [6.07, 6.45) is 3.63. The molecule has 0 radical (unpaired) electrons. The molecule has 0 bridgehead atoms. The number of rotatable bonds is 6. The van der Waals surface area contributed by atoms with E-state index in [0.29, 0.717) is 18.2 Å². The molecule has 0 saturated carbocycles. The lowest BCUT2D eigenvalue weighted by Gasteiger charge is -2.11. The van der Waals surface area contributed by atoms with Crippen molar-refractivity contribution in [2.75, 3.05) is 19.8 Å². The first-order chi connectivity index (χ1) is 7.25. The molecule has 0 aromatic heterocycles. The molecule has 0 fully saturated rings. The van der Waals surface area contributed by atoms with Gasteiger partial charge in [0, 0.05) is 12.2 Å². The van der Waals surface area contributed by atoms with Crippen molar-refractivity contribution in [2.45, 2.75) is 6.92 Å². The first-order valence-corrected chi connectivity index (χ1v) is 4.54. The summed E-state index contributed by atoms with van der Waals surface area (Å²) in [6, 6.07) is 0. The van der Waals surface area contributed by atoms with Crippen LogP contribution in [0.15, 0.2) is 17.1 Å². The maximum Gasteiger partial charge on any atom is 0.277 e. The van der Waals surface area contributed by atoms with E-state index in [1.807, 2.05) is 6.92 Å². The highest BCUT2D eigenvalue weighted by Crippen LogP contribution is 2.03. The van der Waals surface area contributed by atoms with Crippen LogP contribution in [0.1, 0.15) is 6.92 Å². The number of carbonyl (C=O) groups excluding carboxylic acids is 2. The SMILES string of the molecule is CCO/C=N/CCON1C(=O)C=CC1=O. The van der Waals surface area contributed by atoms with Gasteiger partial charge in [0.15, 0.2) is 6.40 Å². The monoisotopic (exact) mass is 212 g/mol. The standard InChI is InChI=1S/C9H12N2O4/c1-2-14-7-10-5-6-15-11-8(12)3-4-9(11)13/h3-4,7H,2,5-6H2,1H3/b10-7+. The van der Waals surface area contributed by atoms with E-state index in [1.54, 1.807) is 0 Å². The summed E-state index contributed by atoms with van der Waals surface area (Å²) in [6.45, 7) is 2.88. The van der Waals surface area contributed by atoms with Crippen LogP contribution in [0.4, 0.5) is 0 Å². The summed E-state index contributed by atoms with van der Waals surface area (Å²) in [7, 11) is 0. The van der Waals surface area contributed by atoms with Crippen LogP contribution in [0.5, 0.6) is 0 Å². The largest absolute Gasteiger partial charge is 0.484 e. The lowest BCUT2D eigenvalue weighted by atomic mass is 10.6. The number of hydroxylamine groups is 2. The van der Waals surface area contributed by atoms with Crippen molar-refractivity contribution in [1.82, 2.24) is 5.06 Å². The fourth-order valence-corrected chi connectivity index (χ4v) is 0.879. The number of ether oxygens (including phenoxy) is 1. The Morgan fingerprint density at radius 1 is 1.40 bits per heavy atom. The molecule has 1 heterocycles. The second kappa shape index (κ2) is 5.92. The third kappa shape index (κ3) is 3.51. The van der Waals surface area contributed by atoms with Crippen LogP contribution < -0.4 is 0 Å². The molecule has 6 nitrogen and oxygen atoms in total. The van der Waals surface area contributed by atoms with Crippen molar-refractivity contribution < 1.29 is 19.2 Å². The molecule has 0 atom stereocenters. The molecule has 6 heteroatoms. The molecule has 1 aliphatic rings. The molecule has 0 unspecified atom stereocenters. The molecule has 0 spiro atoms. The van der Waals surface area contributed by atoms with Crippen molar-refractivity contribution >= 4 is 18.2 Å². The molecule has 0 aromatic carbocycles. The maximum atomic E-state index is 11.0. The summed E-state index contributed by atoms with van der Waals surface area (Å²) in [5, 5.41) is 0.705. The number of amides is 2. The summed E-state index contributed by atoms with van der Waals surface area (Å²) in [5.74, 6) is -0.928. The van der Waals surface area contributed by atoms with Crippen LogP contribution in [-0.2, 0) is 19.2 Å². The average Bonchev–Trinajstić information content (AvgIpc) is 2.54. The fourth-order valence-electron chi connectivity index (χ4n) is 0.879. The van der Waals surface area contributed by atoms with Gasteiger partial charge in [-0.3, -0.25) is 19.4 Å². The number of imide groups is 1. The maximum absolute atomic E-state index is 11.0. The van der Waals surface area contributed by atoms with E-state index < -0.39 is 11.8 Å². The normalized spacial score (nSPS) is 15.7. The first-order valence-electron chi connectivity index (χ1n) is 4.54. The van der Waals surface area contributed by atoms with Gasteiger partial charge in [-0.15, -0.1) is 5.06 Å². The molecule has 0 aromatic rings. The summed E-state index contributed by atoms with van der Waals surface area (Å²) < 4.78 is 4.84. The van der Waals surface area contributed by atoms with Gasteiger partial charge in [0.2, 0.25) is 0 Å². The van der Waals surface area contributed by atoms with Gasteiger partial charge in [0.25, 0.3) is 11.8 Å². The van der Waals surface area contributed by atoms with E-state index in [4.69, 9.17) is 9.57 Å². The minimum atomic E-state index is -0.464.